The van der Waals surface area contributed by atoms with Crippen LogP contribution in [0.5, 0.6) is 11.5 Å². The quantitative estimate of drug-likeness (QED) is 0.749. The molecule has 146 valence electrons. The van der Waals surface area contributed by atoms with Gasteiger partial charge in [0.15, 0.2) is 11.5 Å². The van der Waals surface area contributed by atoms with E-state index in [4.69, 9.17) is 9.47 Å². The number of hydrogen-bond donors (Lipinski definition) is 1. The van der Waals surface area contributed by atoms with Gasteiger partial charge in [0.1, 0.15) is 0 Å². The van der Waals surface area contributed by atoms with Crippen LogP contribution in [0.1, 0.15) is 50.1 Å². The van der Waals surface area contributed by atoms with E-state index < -0.39 is 10.0 Å². The van der Waals surface area contributed by atoms with Gasteiger partial charge in [0.25, 0.3) is 0 Å². The van der Waals surface area contributed by atoms with E-state index in [0.29, 0.717) is 18.0 Å². The summed E-state index contributed by atoms with van der Waals surface area (Å²) in [5.41, 5.74) is 1.05. The molecule has 1 saturated carbocycles. The monoisotopic (exact) mass is 382 g/mol. The van der Waals surface area contributed by atoms with Crippen LogP contribution in [-0.2, 0) is 10.0 Å². The summed E-state index contributed by atoms with van der Waals surface area (Å²) < 4.78 is 38.9. The predicted octanol–water partition coefficient (Wildman–Crippen LogP) is 2.70. The lowest BCUT2D eigenvalue weighted by Crippen LogP contribution is -2.40. The summed E-state index contributed by atoms with van der Waals surface area (Å²) in [5.74, 6) is 1.36. The number of sulfonamides is 1. The highest BCUT2D eigenvalue weighted by Crippen LogP contribution is 2.33. The summed E-state index contributed by atoms with van der Waals surface area (Å²) in [6.45, 7) is 2.38. The van der Waals surface area contributed by atoms with Crippen LogP contribution in [0.2, 0.25) is 0 Å². The van der Waals surface area contributed by atoms with Gasteiger partial charge in [0.05, 0.1) is 19.5 Å². The van der Waals surface area contributed by atoms with Crippen molar-refractivity contribution in [2.45, 2.75) is 49.8 Å². The van der Waals surface area contributed by atoms with E-state index >= 15 is 0 Å². The van der Waals surface area contributed by atoms with Gasteiger partial charge in [-0.25, -0.2) is 13.1 Å². The van der Waals surface area contributed by atoms with Gasteiger partial charge < -0.3 is 9.47 Å². The first-order valence-corrected chi connectivity index (χ1v) is 11.0. The third-order valence-electron chi connectivity index (χ3n) is 5.59. The maximum absolute atomic E-state index is 12.6. The normalized spacial score (nSPS) is 20.4. The van der Waals surface area contributed by atoms with Gasteiger partial charge in [-0.15, -0.1) is 0 Å². The van der Waals surface area contributed by atoms with E-state index in [1.807, 2.05) is 18.2 Å². The Morgan fingerprint density at radius 3 is 2.35 bits per heavy atom. The smallest absolute Gasteiger partial charge is 0.214 e. The van der Waals surface area contributed by atoms with Crippen LogP contribution in [-0.4, -0.2) is 52.4 Å². The number of rotatable bonds is 8. The topological polar surface area (TPSA) is 67.9 Å². The maximum atomic E-state index is 12.6. The van der Waals surface area contributed by atoms with Gasteiger partial charge in [-0.1, -0.05) is 18.9 Å². The highest BCUT2D eigenvalue weighted by Gasteiger charge is 2.31. The molecule has 2 fully saturated rings. The second kappa shape index (κ2) is 8.59. The Labute approximate surface area is 156 Å². The number of hydrogen-bond acceptors (Lipinski definition) is 5. The van der Waals surface area contributed by atoms with Crippen molar-refractivity contribution in [1.82, 2.24) is 9.62 Å². The van der Waals surface area contributed by atoms with Crippen molar-refractivity contribution in [2.75, 3.05) is 33.9 Å². The van der Waals surface area contributed by atoms with Crippen LogP contribution in [0.25, 0.3) is 0 Å². The zero-order valence-electron chi connectivity index (χ0n) is 15.7. The molecule has 6 nitrogen and oxygen atoms in total. The minimum atomic E-state index is -3.25. The molecule has 0 aromatic heterocycles. The number of methoxy groups -OCH3 is 2. The van der Waals surface area contributed by atoms with E-state index in [2.05, 4.69) is 9.62 Å². The highest BCUT2D eigenvalue weighted by atomic mass is 32.2. The molecule has 0 spiro atoms. The predicted molar refractivity (Wildman–Crippen MR) is 102 cm³/mol. The van der Waals surface area contributed by atoms with Gasteiger partial charge in [0.2, 0.25) is 10.0 Å². The Kier molecular flexibility index (Phi) is 6.42. The van der Waals surface area contributed by atoms with E-state index in [1.54, 1.807) is 14.2 Å². The summed E-state index contributed by atoms with van der Waals surface area (Å²) in [4.78, 5) is 2.36. The lowest BCUT2D eigenvalue weighted by molar-refractivity contribution is 0.245. The number of likely N-dealkylation sites (tertiary alicyclic amines) is 1. The second-order valence-corrected chi connectivity index (χ2v) is 9.22. The zero-order valence-corrected chi connectivity index (χ0v) is 16.6. The van der Waals surface area contributed by atoms with E-state index in [1.165, 1.54) is 0 Å². The molecule has 1 heterocycles. The van der Waals surface area contributed by atoms with Crippen molar-refractivity contribution in [3.8, 4) is 11.5 Å². The SMILES string of the molecule is COc1ccc(C(CNS(=O)(=O)C2CCCC2)N2CCCC2)cc1OC. The molecule has 1 aliphatic carbocycles. The summed E-state index contributed by atoms with van der Waals surface area (Å²) in [5, 5.41) is -0.230. The first-order valence-electron chi connectivity index (χ1n) is 9.49. The number of nitrogens with one attached hydrogen (secondary N) is 1. The molecule has 1 saturated heterocycles. The molecule has 1 unspecified atom stereocenters. The second-order valence-electron chi connectivity index (χ2n) is 7.17. The lowest BCUT2D eigenvalue weighted by Gasteiger charge is -2.29. The van der Waals surface area contributed by atoms with Gasteiger partial charge in [-0.05, 0) is 56.5 Å². The molecule has 26 heavy (non-hydrogen) atoms. The average Bonchev–Trinajstić information content (AvgIpc) is 3.35. The van der Waals surface area contributed by atoms with Gasteiger partial charge >= 0.3 is 0 Å². The minimum Gasteiger partial charge on any atom is -0.493 e. The van der Waals surface area contributed by atoms with Crippen molar-refractivity contribution in [3.05, 3.63) is 23.8 Å². The van der Waals surface area contributed by atoms with Crippen LogP contribution < -0.4 is 14.2 Å². The first-order chi connectivity index (χ1) is 12.5. The summed E-state index contributed by atoms with van der Waals surface area (Å²) in [6, 6.07) is 5.87. The lowest BCUT2D eigenvalue weighted by atomic mass is 10.0. The molecular weight excluding hydrogens is 352 g/mol. The Morgan fingerprint density at radius 1 is 1.08 bits per heavy atom. The van der Waals surface area contributed by atoms with Crippen LogP contribution in [0.4, 0.5) is 0 Å². The van der Waals surface area contributed by atoms with Crippen molar-refractivity contribution >= 4 is 10.0 Å². The van der Waals surface area contributed by atoms with Gasteiger partial charge in [-0.2, -0.15) is 0 Å². The van der Waals surface area contributed by atoms with Crippen LogP contribution in [0.3, 0.4) is 0 Å². The van der Waals surface area contributed by atoms with Crippen molar-refractivity contribution < 1.29 is 17.9 Å². The molecule has 1 atom stereocenters. The number of benzene rings is 1. The average molecular weight is 383 g/mol. The van der Waals surface area contributed by atoms with Crippen LogP contribution in [0, 0.1) is 0 Å². The van der Waals surface area contributed by atoms with Crippen molar-refractivity contribution in [2.24, 2.45) is 0 Å². The van der Waals surface area contributed by atoms with Gasteiger partial charge in [-0.3, -0.25) is 4.90 Å². The largest absolute Gasteiger partial charge is 0.493 e. The Morgan fingerprint density at radius 2 is 1.73 bits per heavy atom. The molecule has 1 aromatic rings. The molecular formula is C19H30N2O4S. The summed E-state index contributed by atoms with van der Waals surface area (Å²) in [7, 11) is -0.0171. The molecule has 0 radical (unpaired) electrons. The number of nitrogens with zero attached hydrogens (tertiary/aromatic N) is 1. The van der Waals surface area contributed by atoms with E-state index in [0.717, 1.165) is 57.2 Å². The van der Waals surface area contributed by atoms with E-state index in [9.17, 15) is 8.42 Å². The molecule has 1 N–H and O–H groups in total. The molecule has 3 rings (SSSR count). The fraction of sp³-hybridized carbons (Fsp3) is 0.684. The third-order valence-corrected chi connectivity index (χ3v) is 7.51. The summed E-state index contributed by atoms with van der Waals surface area (Å²) in [6.07, 6.45) is 5.88. The number of ether oxygens (including phenoxy) is 2. The standard InChI is InChI=1S/C19H30N2O4S/c1-24-18-10-9-15(13-19(18)25-2)17(21-11-5-6-12-21)14-20-26(22,23)16-7-3-4-8-16/h9-10,13,16-17,20H,3-8,11-12,14H2,1-2H3. The zero-order chi connectivity index (χ0) is 18.6. The molecule has 0 bridgehead atoms. The molecule has 1 aliphatic heterocycles. The molecule has 1 aromatic carbocycles. The molecule has 2 aliphatic rings. The molecule has 7 heteroatoms. The minimum absolute atomic E-state index is 0.00786. The van der Waals surface area contributed by atoms with Gasteiger partial charge in [0, 0.05) is 12.6 Å². The fourth-order valence-electron chi connectivity index (χ4n) is 4.08. The molecule has 0 amide bonds. The van der Waals surface area contributed by atoms with Crippen LogP contribution in [0.15, 0.2) is 18.2 Å². The van der Waals surface area contributed by atoms with Crippen LogP contribution >= 0.6 is 0 Å². The fourth-order valence-corrected chi connectivity index (χ4v) is 5.66. The highest BCUT2D eigenvalue weighted by molar-refractivity contribution is 7.90. The van der Waals surface area contributed by atoms with E-state index in [-0.39, 0.29) is 11.3 Å². The third kappa shape index (κ3) is 4.32. The maximum Gasteiger partial charge on any atom is 0.214 e. The Balaban J connectivity index is 1.79. The Hall–Kier alpha value is -1.31. The first kappa shape index (κ1) is 19.5. The van der Waals surface area contributed by atoms with Crippen molar-refractivity contribution in [3.63, 3.8) is 0 Å². The summed E-state index contributed by atoms with van der Waals surface area (Å²) >= 11 is 0. The Bertz CT molecular complexity index is 695. The van der Waals surface area contributed by atoms with Crippen molar-refractivity contribution in [1.29, 1.82) is 0 Å².